The molecule has 0 spiro atoms. The van der Waals surface area contributed by atoms with Gasteiger partial charge in [0.2, 0.25) is 0 Å². The van der Waals surface area contributed by atoms with Gasteiger partial charge in [0.25, 0.3) is 0 Å². The van der Waals surface area contributed by atoms with Crippen LogP contribution < -0.4 is 0 Å². The van der Waals surface area contributed by atoms with Crippen LogP contribution >= 0.6 is 11.6 Å². The molecule has 1 aromatic heterocycles. The fourth-order valence-corrected chi connectivity index (χ4v) is 3.84. The van der Waals surface area contributed by atoms with Crippen molar-refractivity contribution in [1.29, 1.82) is 0 Å². The first kappa shape index (κ1) is 19.4. The van der Waals surface area contributed by atoms with E-state index in [1.807, 2.05) is 0 Å². The number of rotatable bonds is 7. The monoisotopic (exact) mass is 427 g/mol. The number of halogens is 1. The first-order chi connectivity index (χ1) is 11.8. The predicted molar refractivity (Wildman–Crippen MR) is 98.1 cm³/mol. The van der Waals surface area contributed by atoms with Gasteiger partial charge in [0.1, 0.15) is 0 Å². The zero-order valence-electron chi connectivity index (χ0n) is 14.1. The zero-order valence-corrected chi connectivity index (χ0v) is 16.6. The summed E-state index contributed by atoms with van der Waals surface area (Å²) in [5.41, 5.74) is -0.393. The standard InChI is InChI=1S/C18H18ClNO4Se/c1-4-23-17(22)25-16(20-13-9-7-12(19)8-10-13)18(2,3)15(21)14-6-5-11-24-14/h5-11H,4H2,1-3H3. The summed E-state index contributed by atoms with van der Waals surface area (Å²) in [6.07, 6.45) is 1.44. The van der Waals surface area contributed by atoms with Crippen molar-refractivity contribution in [2.24, 2.45) is 10.4 Å². The molecule has 0 saturated carbocycles. The van der Waals surface area contributed by atoms with Gasteiger partial charge < -0.3 is 0 Å². The number of carbonyl (C=O) groups is 2. The Balaban J connectivity index is 2.40. The van der Waals surface area contributed by atoms with Crippen molar-refractivity contribution in [3.8, 4) is 0 Å². The van der Waals surface area contributed by atoms with Gasteiger partial charge in [-0.15, -0.1) is 0 Å². The molecule has 7 heteroatoms. The second kappa shape index (κ2) is 8.47. The van der Waals surface area contributed by atoms with E-state index < -0.39 is 20.4 Å². The molecular weight excluding hydrogens is 409 g/mol. The molecule has 0 aliphatic carbocycles. The van der Waals surface area contributed by atoms with E-state index in [0.717, 1.165) is 0 Å². The van der Waals surface area contributed by atoms with Crippen LogP contribution in [0.2, 0.25) is 5.02 Å². The maximum absolute atomic E-state index is 12.8. The van der Waals surface area contributed by atoms with Crippen LogP contribution in [0.25, 0.3) is 0 Å². The molecule has 0 fully saturated rings. The maximum atomic E-state index is 12.8. The summed E-state index contributed by atoms with van der Waals surface area (Å²) in [4.78, 5) is 29.0. The number of hydrogen-bond donors (Lipinski definition) is 0. The fraction of sp³-hybridized carbons (Fsp3) is 0.278. The topological polar surface area (TPSA) is 68.9 Å². The molecule has 2 aromatic rings. The van der Waals surface area contributed by atoms with E-state index in [1.165, 1.54) is 6.26 Å². The van der Waals surface area contributed by atoms with E-state index in [0.29, 0.717) is 15.3 Å². The minimum atomic E-state index is -1.01. The van der Waals surface area contributed by atoms with Crippen molar-refractivity contribution in [3.63, 3.8) is 0 Å². The predicted octanol–water partition coefficient (Wildman–Crippen LogP) is 4.73. The molecule has 0 aliphatic heterocycles. The Bertz CT molecular complexity index is 767. The molecule has 25 heavy (non-hydrogen) atoms. The van der Waals surface area contributed by atoms with Crippen LogP contribution in [0.1, 0.15) is 31.3 Å². The number of benzene rings is 1. The number of Topliss-reactive ketones (excluding diaryl/α,β-unsaturated/α-hetero) is 1. The first-order valence-corrected chi connectivity index (χ1v) is 9.71. The number of carbonyl (C=O) groups excluding carboxylic acids is 2. The van der Waals surface area contributed by atoms with Crippen LogP contribution in [0.3, 0.4) is 0 Å². The van der Waals surface area contributed by atoms with Crippen molar-refractivity contribution < 1.29 is 18.7 Å². The summed E-state index contributed by atoms with van der Waals surface area (Å²) in [7, 11) is 0. The molecule has 0 bridgehead atoms. The van der Waals surface area contributed by atoms with Gasteiger partial charge in [0, 0.05) is 0 Å². The average molecular weight is 427 g/mol. The number of aliphatic imine (C=N–C) groups is 1. The molecule has 0 saturated heterocycles. The summed E-state index contributed by atoms with van der Waals surface area (Å²) in [6.45, 7) is 5.48. The van der Waals surface area contributed by atoms with Gasteiger partial charge in [0.15, 0.2) is 0 Å². The molecule has 0 radical (unpaired) electrons. The molecule has 2 rings (SSSR count). The first-order valence-electron chi connectivity index (χ1n) is 7.62. The van der Waals surface area contributed by atoms with Crippen molar-refractivity contribution in [2.75, 3.05) is 6.61 Å². The van der Waals surface area contributed by atoms with Gasteiger partial charge >= 0.3 is 157 Å². The number of ether oxygens (including phenoxy) is 1. The normalized spacial score (nSPS) is 12.1. The summed E-state index contributed by atoms with van der Waals surface area (Å²) >= 11 is 5.15. The van der Waals surface area contributed by atoms with Gasteiger partial charge in [-0.1, -0.05) is 0 Å². The zero-order chi connectivity index (χ0) is 18.4. The van der Waals surface area contributed by atoms with Gasteiger partial charge in [0.05, 0.1) is 0 Å². The SMILES string of the molecule is CCOC(=O)[Se]C(=Nc1ccc(Cl)cc1)C(C)(C)C(=O)c1ccco1. The molecule has 0 unspecified atom stereocenters. The van der Waals surface area contributed by atoms with Gasteiger partial charge in [-0.05, 0) is 0 Å². The molecule has 1 aromatic carbocycles. The number of ketones is 1. The summed E-state index contributed by atoms with van der Waals surface area (Å²) in [6, 6.07) is 10.1. The number of furan rings is 1. The third-order valence-electron chi connectivity index (χ3n) is 3.35. The molecule has 0 amide bonds. The van der Waals surface area contributed by atoms with Crippen LogP contribution in [0.15, 0.2) is 52.1 Å². The van der Waals surface area contributed by atoms with E-state index in [9.17, 15) is 9.59 Å². The third-order valence-corrected chi connectivity index (χ3v) is 5.86. The third kappa shape index (κ3) is 5.05. The van der Waals surface area contributed by atoms with Crippen molar-refractivity contribution in [1.82, 2.24) is 0 Å². The average Bonchev–Trinajstić information content (AvgIpc) is 3.10. The molecular formula is C18H18ClNO4Se. The Morgan fingerprint density at radius 1 is 1.24 bits per heavy atom. The van der Waals surface area contributed by atoms with E-state index in [2.05, 4.69) is 4.99 Å². The Kier molecular flexibility index (Phi) is 6.59. The number of nitrogens with zero attached hydrogens (tertiary/aromatic N) is 1. The molecule has 1 heterocycles. The van der Waals surface area contributed by atoms with Gasteiger partial charge in [-0.25, -0.2) is 0 Å². The van der Waals surface area contributed by atoms with Crippen LogP contribution in [-0.2, 0) is 4.74 Å². The summed E-state index contributed by atoms with van der Waals surface area (Å²) < 4.78 is 10.7. The van der Waals surface area contributed by atoms with E-state index >= 15 is 0 Å². The summed E-state index contributed by atoms with van der Waals surface area (Å²) in [5, 5.41) is 0.585. The van der Waals surface area contributed by atoms with Crippen LogP contribution in [-0.4, -0.2) is 36.8 Å². The Morgan fingerprint density at radius 3 is 2.48 bits per heavy atom. The van der Waals surface area contributed by atoms with Crippen molar-refractivity contribution >= 4 is 47.5 Å². The minimum absolute atomic E-state index is 0.230. The molecule has 0 N–H and O–H groups in total. The second-order valence-electron chi connectivity index (χ2n) is 5.61. The number of hydrogen-bond acceptors (Lipinski definition) is 5. The van der Waals surface area contributed by atoms with E-state index in [-0.39, 0.29) is 23.0 Å². The van der Waals surface area contributed by atoms with Gasteiger partial charge in [-0.2, -0.15) is 0 Å². The molecule has 132 valence electrons. The van der Waals surface area contributed by atoms with Gasteiger partial charge in [-0.3, -0.25) is 0 Å². The Morgan fingerprint density at radius 2 is 1.92 bits per heavy atom. The fourth-order valence-electron chi connectivity index (χ4n) is 1.96. The van der Waals surface area contributed by atoms with Crippen molar-refractivity contribution in [2.45, 2.75) is 20.8 Å². The van der Waals surface area contributed by atoms with Crippen LogP contribution in [0.4, 0.5) is 10.5 Å². The summed E-state index contributed by atoms with van der Waals surface area (Å²) in [5.74, 6) is -0.00940. The van der Waals surface area contributed by atoms with Crippen molar-refractivity contribution in [3.05, 3.63) is 53.4 Å². The molecule has 0 aliphatic rings. The van der Waals surface area contributed by atoms with E-state index in [4.69, 9.17) is 20.8 Å². The quantitative estimate of drug-likeness (QED) is 0.364. The van der Waals surface area contributed by atoms with Crippen LogP contribution in [0, 0.1) is 5.41 Å². The second-order valence-corrected chi connectivity index (χ2v) is 7.99. The van der Waals surface area contributed by atoms with E-state index in [1.54, 1.807) is 57.2 Å². The molecule has 5 nitrogen and oxygen atoms in total. The Hall–Kier alpha value is -1.88. The van der Waals surface area contributed by atoms with Crippen LogP contribution in [0.5, 0.6) is 0 Å². The Labute approximate surface area is 157 Å². The molecule has 0 atom stereocenters.